The number of methoxy groups -OCH3 is 1. The van der Waals surface area contributed by atoms with Gasteiger partial charge in [-0.05, 0) is 11.5 Å². The predicted molar refractivity (Wildman–Crippen MR) is 75.6 cm³/mol. The van der Waals surface area contributed by atoms with Gasteiger partial charge in [0.2, 0.25) is 0 Å². The molecule has 1 aliphatic heterocycles. The predicted octanol–water partition coefficient (Wildman–Crippen LogP) is 2.26. The first-order chi connectivity index (χ1) is 8.88. The molecule has 0 aromatic heterocycles. The number of nitrogens with zero attached hydrogens (tertiary/aromatic N) is 1. The molecule has 1 N–H and O–H groups in total. The van der Waals surface area contributed by atoms with Gasteiger partial charge in [-0.25, -0.2) is 0 Å². The van der Waals surface area contributed by atoms with Crippen LogP contribution in [0.15, 0.2) is 36.4 Å². The summed E-state index contributed by atoms with van der Waals surface area (Å²) in [6, 6.07) is 12.7. The van der Waals surface area contributed by atoms with Gasteiger partial charge in [0.05, 0.1) is 7.11 Å². The molecule has 0 atom stereocenters. The number of rotatable bonds is 2. The molecule has 2 aromatic carbocycles. The SMILES string of the molecule is COc1cc(N2CCNCC2)c2ccccc2c1. The van der Waals surface area contributed by atoms with Crippen molar-refractivity contribution in [3.05, 3.63) is 36.4 Å². The summed E-state index contributed by atoms with van der Waals surface area (Å²) in [5.74, 6) is 0.933. The molecule has 3 heteroatoms. The van der Waals surface area contributed by atoms with Crippen molar-refractivity contribution in [1.82, 2.24) is 5.32 Å². The fourth-order valence-corrected chi connectivity index (χ4v) is 2.55. The molecule has 1 aliphatic rings. The second-order valence-corrected chi connectivity index (χ2v) is 4.60. The zero-order valence-corrected chi connectivity index (χ0v) is 10.6. The first-order valence-corrected chi connectivity index (χ1v) is 6.41. The topological polar surface area (TPSA) is 24.5 Å². The number of anilines is 1. The molecule has 3 nitrogen and oxygen atoms in total. The van der Waals surface area contributed by atoms with Crippen LogP contribution in [0, 0.1) is 0 Å². The molecule has 1 fully saturated rings. The van der Waals surface area contributed by atoms with Crippen LogP contribution >= 0.6 is 0 Å². The van der Waals surface area contributed by atoms with E-state index in [1.54, 1.807) is 7.11 Å². The van der Waals surface area contributed by atoms with Crippen LogP contribution in [0.5, 0.6) is 5.75 Å². The van der Waals surface area contributed by atoms with Crippen LogP contribution < -0.4 is 15.0 Å². The van der Waals surface area contributed by atoms with Crippen molar-refractivity contribution in [2.75, 3.05) is 38.2 Å². The maximum atomic E-state index is 5.41. The Labute approximate surface area is 107 Å². The van der Waals surface area contributed by atoms with Crippen molar-refractivity contribution in [1.29, 1.82) is 0 Å². The third-order valence-electron chi connectivity index (χ3n) is 3.51. The Morgan fingerprint density at radius 2 is 1.89 bits per heavy atom. The van der Waals surface area contributed by atoms with E-state index in [0.29, 0.717) is 0 Å². The number of nitrogens with one attached hydrogen (secondary N) is 1. The van der Waals surface area contributed by atoms with Crippen molar-refractivity contribution in [2.45, 2.75) is 0 Å². The first kappa shape index (κ1) is 11.4. The summed E-state index contributed by atoms with van der Waals surface area (Å²) >= 11 is 0. The van der Waals surface area contributed by atoms with Crippen LogP contribution in [0.4, 0.5) is 5.69 Å². The highest BCUT2D eigenvalue weighted by molar-refractivity contribution is 5.95. The minimum absolute atomic E-state index is 0.933. The lowest BCUT2D eigenvalue weighted by atomic mass is 10.1. The zero-order valence-electron chi connectivity index (χ0n) is 10.6. The van der Waals surface area contributed by atoms with Crippen LogP contribution in [0.2, 0.25) is 0 Å². The van der Waals surface area contributed by atoms with Crippen molar-refractivity contribution in [3.8, 4) is 5.75 Å². The summed E-state index contributed by atoms with van der Waals surface area (Å²) in [6.07, 6.45) is 0. The second-order valence-electron chi connectivity index (χ2n) is 4.60. The third-order valence-corrected chi connectivity index (χ3v) is 3.51. The average molecular weight is 242 g/mol. The number of piperazine rings is 1. The number of benzene rings is 2. The van der Waals surface area contributed by atoms with Gasteiger partial charge in [-0.2, -0.15) is 0 Å². The van der Waals surface area contributed by atoms with Crippen LogP contribution in [0.1, 0.15) is 0 Å². The molecule has 18 heavy (non-hydrogen) atoms. The summed E-state index contributed by atoms with van der Waals surface area (Å²) in [4.78, 5) is 2.43. The number of ether oxygens (including phenoxy) is 1. The molecule has 0 aliphatic carbocycles. The molecule has 94 valence electrons. The lowest BCUT2D eigenvalue weighted by Crippen LogP contribution is -2.43. The quantitative estimate of drug-likeness (QED) is 0.874. The largest absolute Gasteiger partial charge is 0.497 e. The molecular weight excluding hydrogens is 224 g/mol. The minimum Gasteiger partial charge on any atom is -0.497 e. The fraction of sp³-hybridized carbons (Fsp3) is 0.333. The van der Waals surface area contributed by atoms with E-state index in [1.807, 2.05) is 0 Å². The first-order valence-electron chi connectivity index (χ1n) is 6.41. The summed E-state index contributed by atoms with van der Waals surface area (Å²) in [5.41, 5.74) is 1.28. The van der Waals surface area contributed by atoms with Crippen molar-refractivity contribution in [3.63, 3.8) is 0 Å². The fourth-order valence-electron chi connectivity index (χ4n) is 2.55. The van der Waals surface area contributed by atoms with Gasteiger partial charge < -0.3 is 15.0 Å². The highest BCUT2D eigenvalue weighted by Crippen LogP contribution is 2.32. The van der Waals surface area contributed by atoms with Crippen molar-refractivity contribution < 1.29 is 4.74 Å². The summed E-state index contributed by atoms with van der Waals surface area (Å²) < 4.78 is 5.41. The zero-order chi connectivity index (χ0) is 12.4. The minimum atomic E-state index is 0.933. The average Bonchev–Trinajstić information content (AvgIpc) is 2.47. The Morgan fingerprint density at radius 1 is 1.11 bits per heavy atom. The molecule has 3 rings (SSSR count). The van der Waals surface area contributed by atoms with Gasteiger partial charge in [0.25, 0.3) is 0 Å². The maximum Gasteiger partial charge on any atom is 0.121 e. The van der Waals surface area contributed by atoms with Crippen LogP contribution in [-0.4, -0.2) is 33.3 Å². The van der Waals surface area contributed by atoms with Gasteiger partial charge in [0.1, 0.15) is 5.75 Å². The van der Waals surface area contributed by atoms with E-state index in [9.17, 15) is 0 Å². The molecule has 0 bridgehead atoms. The highest BCUT2D eigenvalue weighted by atomic mass is 16.5. The molecule has 0 saturated carbocycles. The van der Waals surface area contributed by atoms with E-state index in [2.05, 4.69) is 46.6 Å². The highest BCUT2D eigenvalue weighted by Gasteiger charge is 2.14. The van der Waals surface area contributed by atoms with Crippen LogP contribution in [0.25, 0.3) is 10.8 Å². The van der Waals surface area contributed by atoms with Gasteiger partial charge in [-0.3, -0.25) is 0 Å². The third kappa shape index (κ3) is 2.02. The van der Waals surface area contributed by atoms with E-state index < -0.39 is 0 Å². The van der Waals surface area contributed by atoms with Crippen molar-refractivity contribution in [2.24, 2.45) is 0 Å². The van der Waals surface area contributed by atoms with E-state index in [1.165, 1.54) is 16.5 Å². The van der Waals surface area contributed by atoms with Gasteiger partial charge in [0.15, 0.2) is 0 Å². The molecule has 1 saturated heterocycles. The molecule has 0 unspecified atom stereocenters. The molecule has 0 radical (unpaired) electrons. The summed E-state index contributed by atoms with van der Waals surface area (Å²) in [6.45, 7) is 4.20. The monoisotopic (exact) mass is 242 g/mol. The van der Waals surface area contributed by atoms with Crippen LogP contribution in [0.3, 0.4) is 0 Å². The Kier molecular flexibility index (Phi) is 3.07. The van der Waals surface area contributed by atoms with Gasteiger partial charge in [-0.1, -0.05) is 24.3 Å². The Morgan fingerprint density at radius 3 is 2.67 bits per heavy atom. The summed E-state index contributed by atoms with van der Waals surface area (Å²) in [7, 11) is 1.73. The maximum absolute atomic E-state index is 5.41. The number of hydrogen-bond acceptors (Lipinski definition) is 3. The van der Waals surface area contributed by atoms with Crippen molar-refractivity contribution >= 4 is 16.5 Å². The Hall–Kier alpha value is -1.74. The lowest BCUT2D eigenvalue weighted by molar-refractivity contribution is 0.415. The van der Waals surface area contributed by atoms with E-state index in [4.69, 9.17) is 4.74 Å². The number of hydrogen-bond donors (Lipinski definition) is 1. The Balaban J connectivity index is 2.12. The van der Waals surface area contributed by atoms with Gasteiger partial charge in [-0.15, -0.1) is 0 Å². The van der Waals surface area contributed by atoms with Crippen LogP contribution in [-0.2, 0) is 0 Å². The molecule has 0 spiro atoms. The lowest BCUT2D eigenvalue weighted by Gasteiger charge is -2.30. The Bertz CT molecular complexity index is 547. The molecule has 0 amide bonds. The normalized spacial score (nSPS) is 15.9. The van der Waals surface area contributed by atoms with Gasteiger partial charge >= 0.3 is 0 Å². The van der Waals surface area contributed by atoms with E-state index >= 15 is 0 Å². The van der Waals surface area contributed by atoms with Gasteiger partial charge in [0, 0.05) is 43.3 Å². The molecule has 1 heterocycles. The van der Waals surface area contributed by atoms with E-state index in [-0.39, 0.29) is 0 Å². The second kappa shape index (κ2) is 4.86. The molecular formula is C15H18N2O. The van der Waals surface area contributed by atoms with E-state index in [0.717, 1.165) is 31.9 Å². The molecule has 2 aromatic rings. The smallest absolute Gasteiger partial charge is 0.121 e. The number of fused-ring (bicyclic) bond motifs is 1. The standard InChI is InChI=1S/C15H18N2O/c1-18-13-10-12-4-2-3-5-14(12)15(11-13)17-8-6-16-7-9-17/h2-5,10-11,16H,6-9H2,1H3. The summed E-state index contributed by atoms with van der Waals surface area (Å²) in [5, 5.41) is 5.94.